The van der Waals surface area contributed by atoms with Crippen molar-refractivity contribution in [1.82, 2.24) is 4.90 Å². The van der Waals surface area contributed by atoms with E-state index >= 15 is 0 Å². The van der Waals surface area contributed by atoms with Crippen LogP contribution in [-0.2, 0) is 24.1 Å². The molecule has 0 saturated heterocycles. The maximum absolute atomic E-state index is 14.7. The fraction of sp³-hybridized carbons (Fsp3) is 0.333. The molecule has 4 rings (SSSR count). The van der Waals surface area contributed by atoms with Crippen molar-refractivity contribution < 1.29 is 36.7 Å². The number of hydrogen-bond donors (Lipinski definition) is 2. The highest BCUT2D eigenvalue weighted by Gasteiger charge is 2.34. The van der Waals surface area contributed by atoms with Crippen molar-refractivity contribution in [2.75, 3.05) is 26.5 Å². The highest BCUT2D eigenvalue weighted by molar-refractivity contribution is 7.93. The molecule has 0 spiro atoms. The number of benzene rings is 3. The Hall–Kier alpha value is -2.86. The summed E-state index contributed by atoms with van der Waals surface area (Å²) in [6, 6.07) is 16.6. The number of nitrogens with zero attached hydrogens (tertiary/aromatic N) is 1. The summed E-state index contributed by atoms with van der Waals surface area (Å²) in [6.45, 7) is 0.544. The highest BCUT2D eigenvalue weighted by Crippen LogP contribution is 2.37. The Bertz CT molecular complexity index is 1440. The zero-order valence-electron chi connectivity index (χ0n) is 23.9. The van der Waals surface area contributed by atoms with Gasteiger partial charge in [-0.05, 0) is 48.1 Å². The standard InChI is InChI=1S/C33H34ClF4NO4S/c34-32-25(13-7-14-29(32)33(36,37)38)19-39(20-27(23-9-3-1-4-10-23)24-11-5-2-6-12-24)15-8-16-43-26-17-30(35)28(21-42-22-40)31(18-26)44-41/h1,3-5,7,9-14,17-18,27,40-41H,2,6,8,15-16,19-22H2. The molecule has 1 atom stereocenters. The molecule has 0 aromatic heterocycles. The summed E-state index contributed by atoms with van der Waals surface area (Å²) in [5, 5.41) is 8.55. The van der Waals surface area contributed by atoms with E-state index in [2.05, 4.69) is 23.1 Å². The van der Waals surface area contributed by atoms with Gasteiger partial charge >= 0.3 is 6.18 Å². The smallest absolute Gasteiger partial charge is 0.417 e. The Morgan fingerprint density at radius 3 is 2.52 bits per heavy atom. The van der Waals surface area contributed by atoms with Gasteiger partial charge in [-0.25, -0.2) is 4.39 Å². The topological polar surface area (TPSA) is 62.2 Å². The highest BCUT2D eigenvalue weighted by atomic mass is 35.5. The van der Waals surface area contributed by atoms with E-state index in [0.29, 0.717) is 37.1 Å². The van der Waals surface area contributed by atoms with E-state index in [1.54, 1.807) is 6.07 Å². The Kier molecular flexibility index (Phi) is 12.7. The van der Waals surface area contributed by atoms with Crippen molar-refractivity contribution in [3.8, 4) is 5.75 Å². The zero-order chi connectivity index (χ0) is 31.5. The number of hydrogen-bond acceptors (Lipinski definition) is 6. The Morgan fingerprint density at radius 1 is 1.05 bits per heavy atom. The van der Waals surface area contributed by atoms with Crippen LogP contribution in [0, 0.1) is 5.82 Å². The Balaban J connectivity index is 1.54. The number of allylic oxidation sites excluding steroid dienone is 3. The van der Waals surface area contributed by atoms with Crippen LogP contribution in [-0.4, -0.2) is 41.0 Å². The average Bonchev–Trinajstić information content (AvgIpc) is 3.02. The van der Waals surface area contributed by atoms with Crippen LogP contribution in [0.1, 0.15) is 47.4 Å². The lowest BCUT2D eigenvalue weighted by atomic mass is 9.87. The minimum Gasteiger partial charge on any atom is -0.493 e. The zero-order valence-corrected chi connectivity index (χ0v) is 25.5. The first-order valence-corrected chi connectivity index (χ1v) is 15.3. The van der Waals surface area contributed by atoms with E-state index in [4.69, 9.17) is 26.2 Å². The number of rotatable bonds is 15. The van der Waals surface area contributed by atoms with Crippen LogP contribution in [0.5, 0.6) is 5.75 Å². The van der Waals surface area contributed by atoms with Crippen molar-refractivity contribution in [2.45, 2.75) is 49.4 Å². The van der Waals surface area contributed by atoms with Gasteiger partial charge in [-0.3, -0.25) is 4.90 Å². The van der Waals surface area contributed by atoms with E-state index in [9.17, 15) is 22.1 Å². The fourth-order valence-corrected chi connectivity index (χ4v) is 5.88. The summed E-state index contributed by atoms with van der Waals surface area (Å²) < 4.78 is 75.8. The third kappa shape index (κ3) is 9.32. The molecule has 3 aromatic carbocycles. The summed E-state index contributed by atoms with van der Waals surface area (Å²) in [5.41, 5.74) is 1.84. The van der Waals surface area contributed by atoms with Crippen LogP contribution in [0.25, 0.3) is 0 Å². The van der Waals surface area contributed by atoms with Crippen LogP contribution in [0.3, 0.4) is 0 Å². The molecule has 0 heterocycles. The van der Waals surface area contributed by atoms with Crippen molar-refractivity contribution in [2.24, 2.45) is 0 Å². The van der Waals surface area contributed by atoms with E-state index in [-0.39, 0.29) is 46.9 Å². The van der Waals surface area contributed by atoms with Crippen molar-refractivity contribution in [3.05, 3.63) is 118 Å². The molecule has 2 N–H and O–H groups in total. The van der Waals surface area contributed by atoms with E-state index in [1.807, 2.05) is 30.3 Å². The summed E-state index contributed by atoms with van der Waals surface area (Å²) in [6.07, 6.45) is 4.22. The maximum Gasteiger partial charge on any atom is 0.417 e. The molecule has 0 aliphatic heterocycles. The first-order valence-electron chi connectivity index (χ1n) is 14.1. The molecule has 0 radical (unpaired) electrons. The predicted molar refractivity (Wildman–Crippen MR) is 164 cm³/mol. The van der Waals surface area contributed by atoms with Gasteiger partial charge in [0.1, 0.15) is 18.4 Å². The normalized spacial score (nSPS) is 14.1. The van der Waals surface area contributed by atoms with Gasteiger partial charge in [-0.2, -0.15) is 13.2 Å². The number of ether oxygens (including phenoxy) is 2. The van der Waals surface area contributed by atoms with Crippen LogP contribution in [0.4, 0.5) is 17.6 Å². The molecule has 0 bridgehead atoms. The third-order valence-electron chi connectivity index (χ3n) is 7.30. The van der Waals surface area contributed by atoms with E-state index in [1.165, 1.54) is 18.2 Å². The quantitative estimate of drug-likeness (QED) is 0.0741. The van der Waals surface area contributed by atoms with Crippen LogP contribution < -0.4 is 4.74 Å². The largest absolute Gasteiger partial charge is 0.493 e. The monoisotopic (exact) mass is 651 g/mol. The lowest BCUT2D eigenvalue weighted by molar-refractivity contribution is -0.137. The van der Waals surface area contributed by atoms with Crippen molar-refractivity contribution in [1.29, 1.82) is 0 Å². The third-order valence-corrected chi connectivity index (χ3v) is 8.31. The molecule has 236 valence electrons. The van der Waals surface area contributed by atoms with Gasteiger partial charge in [0.25, 0.3) is 0 Å². The number of aliphatic hydroxyl groups excluding tert-OH is 1. The predicted octanol–water partition coefficient (Wildman–Crippen LogP) is 8.86. The number of aliphatic hydroxyl groups is 1. The second-order valence-corrected chi connectivity index (χ2v) is 11.3. The minimum absolute atomic E-state index is 0.0230. The van der Waals surface area contributed by atoms with Gasteiger partial charge in [-0.15, -0.1) is 0 Å². The molecule has 0 saturated carbocycles. The summed E-state index contributed by atoms with van der Waals surface area (Å²) in [7, 11) is 0. The lowest BCUT2D eigenvalue weighted by Gasteiger charge is -2.30. The van der Waals surface area contributed by atoms with Crippen LogP contribution >= 0.6 is 23.6 Å². The van der Waals surface area contributed by atoms with Crippen molar-refractivity contribution >= 4 is 23.6 Å². The van der Waals surface area contributed by atoms with E-state index in [0.717, 1.165) is 30.0 Å². The average molecular weight is 652 g/mol. The Morgan fingerprint density at radius 2 is 1.84 bits per heavy atom. The molecule has 3 aromatic rings. The second kappa shape index (κ2) is 16.5. The summed E-state index contributed by atoms with van der Waals surface area (Å²) in [5.74, 6) is -0.461. The first kappa shape index (κ1) is 34.0. The molecule has 0 fully saturated rings. The van der Waals surface area contributed by atoms with Gasteiger partial charge in [0.15, 0.2) is 0 Å². The van der Waals surface area contributed by atoms with Gasteiger partial charge in [0.2, 0.25) is 0 Å². The van der Waals surface area contributed by atoms with Gasteiger partial charge < -0.3 is 19.1 Å². The molecule has 44 heavy (non-hydrogen) atoms. The van der Waals surface area contributed by atoms with Crippen LogP contribution in [0.2, 0.25) is 5.02 Å². The van der Waals surface area contributed by atoms with Crippen LogP contribution in [0.15, 0.2) is 89.4 Å². The molecule has 1 aliphatic carbocycles. The SMILES string of the molecule is OCOCc1c(F)cc(OCCCN(Cc2cccc(C(F)(F)F)c2Cl)CC(C2=CCCC=C2)c2ccccc2)cc1SO. The summed E-state index contributed by atoms with van der Waals surface area (Å²) in [4.78, 5) is 2.27. The second-order valence-electron chi connectivity index (χ2n) is 10.3. The molecule has 11 heteroatoms. The van der Waals surface area contributed by atoms with Crippen molar-refractivity contribution in [3.63, 3.8) is 0 Å². The minimum atomic E-state index is -4.57. The lowest BCUT2D eigenvalue weighted by Crippen LogP contribution is -2.31. The number of halogens is 5. The molecule has 5 nitrogen and oxygen atoms in total. The molecular weight excluding hydrogens is 618 g/mol. The fourth-order valence-electron chi connectivity index (χ4n) is 5.15. The van der Waals surface area contributed by atoms with E-state index < -0.39 is 24.3 Å². The Labute approximate surface area is 264 Å². The molecular formula is C33H34ClF4NO4S. The molecule has 1 aliphatic rings. The summed E-state index contributed by atoms with van der Waals surface area (Å²) >= 11 is 6.64. The maximum atomic E-state index is 14.7. The van der Waals surface area contributed by atoms with Gasteiger partial charge in [0.05, 0.1) is 23.8 Å². The number of alkyl halides is 3. The first-order chi connectivity index (χ1) is 21.2. The van der Waals surface area contributed by atoms with Gasteiger partial charge in [0, 0.05) is 54.1 Å². The van der Waals surface area contributed by atoms with Gasteiger partial charge in [-0.1, -0.05) is 72.3 Å². The molecule has 1 unspecified atom stereocenters. The molecule has 0 amide bonds.